The van der Waals surface area contributed by atoms with Crippen molar-refractivity contribution in [1.82, 2.24) is 15.0 Å². The summed E-state index contributed by atoms with van der Waals surface area (Å²) in [6.45, 7) is 4.67. The number of rotatable bonds is 4. The van der Waals surface area contributed by atoms with E-state index in [1.165, 1.54) is 48.0 Å². The van der Waals surface area contributed by atoms with Gasteiger partial charge < -0.3 is 0 Å². The smallest absolute Gasteiger partial charge is 0.164 e. The van der Waals surface area contributed by atoms with E-state index in [2.05, 4.69) is 129 Å². The molecule has 2 heterocycles. The molecule has 0 radical (unpaired) electrons. The minimum atomic E-state index is -0.104. The lowest BCUT2D eigenvalue weighted by molar-refractivity contribution is 0.661. The van der Waals surface area contributed by atoms with Gasteiger partial charge in [-0.05, 0) is 39.9 Å². The summed E-state index contributed by atoms with van der Waals surface area (Å²) in [6, 6.07) is 49.3. The van der Waals surface area contributed by atoms with E-state index in [0.29, 0.717) is 17.5 Å². The molecule has 3 nitrogen and oxygen atoms in total. The van der Waals surface area contributed by atoms with E-state index in [-0.39, 0.29) is 5.41 Å². The predicted octanol–water partition coefficient (Wildman–Crippen LogP) is 11.2. The van der Waals surface area contributed by atoms with E-state index < -0.39 is 0 Å². The molecule has 2 aromatic heterocycles. The van der Waals surface area contributed by atoms with Crippen LogP contribution >= 0.6 is 11.3 Å². The van der Waals surface area contributed by atoms with E-state index in [9.17, 15) is 0 Å². The van der Waals surface area contributed by atoms with Crippen molar-refractivity contribution in [3.8, 4) is 56.4 Å². The van der Waals surface area contributed by atoms with E-state index in [4.69, 9.17) is 15.0 Å². The molecule has 0 amide bonds. The highest BCUT2D eigenvalue weighted by molar-refractivity contribution is 7.26. The predicted molar refractivity (Wildman–Crippen MR) is 192 cm³/mol. The number of hydrogen-bond donors (Lipinski definition) is 0. The van der Waals surface area contributed by atoms with Gasteiger partial charge in [0.25, 0.3) is 0 Å². The normalized spacial score (nSPS) is 13.2. The molecule has 0 aliphatic heterocycles. The molecule has 0 fully saturated rings. The molecular formula is C42H29N3S. The van der Waals surface area contributed by atoms with Crippen LogP contribution in [0, 0.1) is 0 Å². The summed E-state index contributed by atoms with van der Waals surface area (Å²) in [5.41, 5.74) is 10.5. The second kappa shape index (κ2) is 10.3. The summed E-state index contributed by atoms with van der Waals surface area (Å²) in [5, 5.41) is 2.64. The SMILES string of the molecule is CC1(C)c2ccc(-c3nc(-c4ccccc4)nc(-c4ccc(-c5ccccc5)cc4)n3)cc2-c2c1ccc1c2sc2ccccc21. The van der Waals surface area contributed by atoms with Gasteiger partial charge in [0.2, 0.25) is 0 Å². The van der Waals surface area contributed by atoms with Crippen LogP contribution in [0.2, 0.25) is 0 Å². The van der Waals surface area contributed by atoms with Crippen LogP contribution in [0.25, 0.3) is 76.6 Å². The van der Waals surface area contributed by atoms with Gasteiger partial charge in [-0.25, -0.2) is 15.0 Å². The van der Waals surface area contributed by atoms with Crippen LogP contribution in [0.3, 0.4) is 0 Å². The monoisotopic (exact) mass is 607 g/mol. The standard InChI is InChI=1S/C42H29N3S/c1-42(2)34-23-21-30(25-33(34)37-35(42)24-22-32-31-15-9-10-16-36(31)46-38(32)37)41-44-39(28-13-7-4-8-14-28)43-40(45-41)29-19-17-27(18-20-29)26-11-5-3-6-12-26/h3-25H,1-2H3. The maximum Gasteiger partial charge on any atom is 0.164 e. The molecule has 0 spiro atoms. The third kappa shape index (κ3) is 4.22. The number of fused-ring (bicyclic) bond motifs is 7. The average Bonchev–Trinajstić information content (AvgIpc) is 3.61. The Balaban J connectivity index is 1.22. The molecule has 4 heteroatoms. The van der Waals surface area contributed by atoms with Gasteiger partial charge in [0, 0.05) is 47.8 Å². The quantitative estimate of drug-likeness (QED) is 0.200. The van der Waals surface area contributed by atoms with Crippen molar-refractivity contribution in [3.63, 3.8) is 0 Å². The second-order valence-electron chi connectivity index (χ2n) is 12.5. The highest BCUT2D eigenvalue weighted by Gasteiger charge is 2.37. The molecule has 46 heavy (non-hydrogen) atoms. The highest BCUT2D eigenvalue weighted by atomic mass is 32.1. The molecule has 0 unspecified atom stereocenters. The minimum absolute atomic E-state index is 0.104. The van der Waals surface area contributed by atoms with Gasteiger partial charge in [-0.15, -0.1) is 11.3 Å². The highest BCUT2D eigenvalue weighted by Crippen LogP contribution is 2.54. The first kappa shape index (κ1) is 26.9. The molecule has 0 N–H and O–H groups in total. The fourth-order valence-corrected chi connectivity index (χ4v) is 8.21. The Kier molecular flexibility index (Phi) is 6.02. The van der Waals surface area contributed by atoms with E-state index >= 15 is 0 Å². The summed E-state index contributed by atoms with van der Waals surface area (Å²) in [6.07, 6.45) is 0. The Morgan fingerprint density at radius 1 is 0.457 bits per heavy atom. The number of thiophene rings is 1. The van der Waals surface area contributed by atoms with Gasteiger partial charge in [0.15, 0.2) is 17.5 Å². The molecule has 1 aliphatic carbocycles. The third-order valence-corrected chi connectivity index (χ3v) is 10.6. The van der Waals surface area contributed by atoms with Crippen LogP contribution in [0.1, 0.15) is 25.0 Å². The van der Waals surface area contributed by atoms with Crippen LogP contribution < -0.4 is 0 Å². The van der Waals surface area contributed by atoms with Crippen molar-refractivity contribution in [2.24, 2.45) is 0 Å². The zero-order valence-electron chi connectivity index (χ0n) is 25.5. The number of hydrogen-bond acceptors (Lipinski definition) is 4. The van der Waals surface area contributed by atoms with Crippen LogP contribution in [0.5, 0.6) is 0 Å². The zero-order chi connectivity index (χ0) is 30.8. The topological polar surface area (TPSA) is 38.7 Å². The van der Waals surface area contributed by atoms with E-state index in [0.717, 1.165) is 22.3 Å². The fourth-order valence-electron chi connectivity index (χ4n) is 6.95. The first-order chi connectivity index (χ1) is 22.5. The van der Waals surface area contributed by atoms with Gasteiger partial charge in [0.1, 0.15) is 0 Å². The average molecular weight is 608 g/mol. The van der Waals surface area contributed by atoms with Crippen molar-refractivity contribution >= 4 is 31.5 Å². The fraction of sp³-hybridized carbons (Fsp3) is 0.0714. The Labute approximate surface area is 271 Å². The number of aromatic nitrogens is 3. The Hall–Kier alpha value is -5.45. The lowest BCUT2D eigenvalue weighted by Crippen LogP contribution is -2.14. The minimum Gasteiger partial charge on any atom is -0.208 e. The van der Waals surface area contributed by atoms with Crippen molar-refractivity contribution in [3.05, 3.63) is 151 Å². The molecule has 0 bridgehead atoms. The molecular weight excluding hydrogens is 579 g/mol. The molecule has 6 aromatic carbocycles. The van der Waals surface area contributed by atoms with E-state index in [1.807, 2.05) is 35.6 Å². The first-order valence-electron chi connectivity index (χ1n) is 15.6. The van der Waals surface area contributed by atoms with Gasteiger partial charge in [0.05, 0.1) is 0 Å². The molecule has 0 atom stereocenters. The van der Waals surface area contributed by atoms with Crippen LogP contribution in [-0.4, -0.2) is 15.0 Å². The lowest BCUT2D eigenvalue weighted by Gasteiger charge is -2.21. The Morgan fingerprint density at radius 3 is 1.70 bits per heavy atom. The first-order valence-corrected chi connectivity index (χ1v) is 16.4. The van der Waals surface area contributed by atoms with Gasteiger partial charge >= 0.3 is 0 Å². The zero-order valence-corrected chi connectivity index (χ0v) is 26.3. The molecule has 9 rings (SSSR count). The van der Waals surface area contributed by atoms with Crippen molar-refractivity contribution in [2.75, 3.05) is 0 Å². The van der Waals surface area contributed by atoms with Crippen molar-refractivity contribution < 1.29 is 0 Å². The van der Waals surface area contributed by atoms with Gasteiger partial charge in [-0.3, -0.25) is 0 Å². The van der Waals surface area contributed by atoms with Gasteiger partial charge in [-0.1, -0.05) is 141 Å². The molecule has 218 valence electrons. The van der Waals surface area contributed by atoms with Gasteiger partial charge in [-0.2, -0.15) is 0 Å². The summed E-state index contributed by atoms with van der Waals surface area (Å²) in [5.74, 6) is 2.01. The maximum atomic E-state index is 5.10. The molecule has 1 aliphatic rings. The summed E-state index contributed by atoms with van der Waals surface area (Å²) in [4.78, 5) is 15.1. The molecule has 0 saturated carbocycles. The van der Waals surface area contributed by atoms with Crippen molar-refractivity contribution in [1.29, 1.82) is 0 Å². The second-order valence-corrected chi connectivity index (χ2v) is 13.5. The van der Waals surface area contributed by atoms with Crippen LogP contribution in [0.4, 0.5) is 0 Å². The summed E-state index contributed by atoms with van der Waals surface area (Å²) < 4.78 is 2.67. The summed E-state index contributed by atoms with van der Waals surface area (Å²) >= 11 is 1.89. The van der Waals surface area contributed by atoms with Crippen molar-refractivity contribution in [2.45, 2.75) is 19.3 Å². The number of benzene rings is 6. The summed E-state index contributed by atoms with van der Waals surface area (Å²) in [7, 11) is 0. The third-order valence-electron chi connectivity index (χ3n) is 9.36. The van der Waals surface area contributed by atoms with Crippen LogP contribution in [0.15, 0.2) is 140 Å². The molecule has 0 saturated heterocycles. The largest absolute Gasteiger partial charge is 0.208 e. The number of nitrogens with zero attached hydrogens (tertiary/aromatic N) is 3. The lowest BCUT2D eigenvalue weighted by atomic mass is 9.82. The molecule has 8 aromatic rings. The Morgan fingerprint density at radius 2 is 0.978 bits per heavy atom. The maximum absolute atomic E-state index is 5.10. The van der Waals surface area contributed by atoms with Crippen LogP contribution in [-0.2, 0) is 5.41 Å². The van der Waals surface area contributed by atoms with E-state index in [1.54, 1.807) is 0 Å². The Bertz CT molecular complexity index is 2430.